The number of nitrogens with one attached hydrogen (secondary N) is 1. The molecule has 1 heterocycles. The molecule has 0 radical (unpaired) electrons. The zero-order chi connectivity index (χ0) is 12.7. The van der Waals surface area contributed by atoms with E-state index in [1.165, 1.54) is 12.8 Å². The molecule has 0 amide bonds. The lowest BCUT2D eigenvalue weighted by atomic mass is 10.2. The van der Waals surface area contributed by atoms with Gasteiger partial charge in [-0.3, -0.25) is 4.98 Å². The van der Waals surface area contributed by atoms with Crippen molar-refractivity contribution >= 4 is 11.6 Å². The van der Waals surface area contributed by atoms with E-state index in [0.717, 1.165) is 24.6 Å². The molecular weight excluding hydrogens is 212 g/mol. The standard InChI is InChI=1S/C13H24N4/c1-5-7-11(3)17(4)13-10-14-9-12(16-13)15-8-6-2/h9-11H,5-8H2,1-4H3,(H,15,16). The summed E-state index contributed by atoms with van der Waals surface area (Å²) < 4.78 is 0. The highest BCUT2D eigenvalue weighted by atomic mass is 15.2. The van der Waals surface area contributed by atoms with Gasteiger partial charge in [0.1, 0.15) is 11.6 Å². The molecule has 0 aliphatic rings. The molecule has 0 fully saturated rings. The van der Waals surface area contributed by atoms with E-state index in [2.05, 4.69) is 48.0 Å². The Bertz CT molecular complexity index is 327. The van der Waals surface area contributed by atoms with Crippen LogP contribution >= 0.6 is 0 Å². The van der Waals surface area contributed by atoms with E-state index in [4.69, 9.17) is 0 Å². The van der Waals surface area contributed by atoms with Gasteiger partial charge in [0.2, 0.25) is 0 Å². The first-order valence-corrected chi connectivity index (χ1v) is 6.47. The van der Waals surface area contributed by atoms with Gasteiger partial charge in [-0.2, -0.15) is 0 Å². The Hall–Kier alpha value is -1.32. The monoisotopic (exact) mass is 236 g/mol. The fraction of sp³-hybridized carbons (Fsp3) is 0.692. The second-order valence-electron chi connectivity index (χ2n) is 4.44. The molecular formula is C13H24N4. The lowest BCUT2D eigenvalue weighted by Crippen LogP contribution is -2.29. The summed E-state index contributed by atoms with van der Waals surface area (Å²) in [7, 11) is 2.08. The Morgan fingerprint density at radius 1 is 1.29 bits per heavy atom. The molecule has 0 saturated carbocycles. The van der Waals surface area contributed by atoms with Crippen LogP contribution in [0.5, 0.6) is 0 Å². The van der Waals surface area contributed by atoms with Gasteiger partial charge in [-0.05, 0) is 19.8 Å². The van der Waals surface area contributed by atoms with Crippen LogP contribution in [-0.4, -0.2) is 29.6 Å². The van der Waals surface area contributed by atoms with Crippen LogP contribution in [0.4, 0.5) is 11.6 Å². The Morgan fingerprint density at radius 2 is 2.06 bits per heavy atom. The third-order valence-electron chi connectivity index (χ3n) is 2.91. The van der Waals surface area contributed by atoms with E-state index in [1.54, 1.807) is 6.20 Å². The van der Waals surface area contributed by atoms with Crippen LogP contribution in [0.3, 0.4) is 0 Å². The first kappa shape index (κ1) is 13.7. The molecule has 1 atom stereocenters. The van der Waals surface area contributed by atoms with E-state index in [-0.39, 0.29) is 0 Å². The van der Waals surface area contributed by atoms with Gasteiger partial charge in [-0.1, -0.05) is 20.3 Å². The highest BCUT2D eigenvalue weighted by Gasteiger charge is 2.10. The Morgan fingerprint density at radius 3 is 2.71 bits per heavy atom. The zero-order valence-electron chi connectivity index (χ0n) is 11.4. The summed E-state index contributed by atoms with van der Waals surface area (Å²) in [6.45, 7) is 7.50. The molecule has 17 heavy (non-hydrogen) atoms. The van der Waals surface area contributed by atoms with Crippen molar-refractivity contribution in [2.75, 3.05) is 23.8 Å². The van der Waals surface area contributed by atoms with Gasteiger partial charge in [-0.25, -0.2) is 4.98 Å². The van der Waals surface area contributed by atoms with E-state index < -0.39 is 0 Å². The fourth-order valence-electron chi connectivity index (χ4n) is 1.70. The van der Waals surface area contributed by atoms with Crippen LogP contribution in [0.2, 0.25) is 0 Å². The summed E-state index contributed by atoms with van der Waals surface area (Å²) in [6.07, 6.45) is 7.05. The smallest absolute Gasteiger partial charge is 0.149 e. The van der Waals surface area contributed by atoms with Crippen molar-refractivity contribution in [3.05, 3.63) is 12.4 Å². The van der Waals surface area contributed by atoms with Crippen molar-refractivity contribution in [1.29, 1.82) is 0 Å². The number of rotatable bonds is 7. The minimum absolute atomic E-state index is 0.496. The second-order valence-corrected chi connectivity index (χ2v) is 4.44. The molecule has 1 unspecified atom stereocenters. The molecule has 1 aromatic heterocycles. The minimum Gasteiger partial charge on any atom is -0.369 e. The fourth-order valence-corrected chi connectivity index (χ4v) is 1.70. The average molecular weight is 236 g/mol. The van der Waals surface area contributed by atoms with Crippen LogP contribution in [0.15, 0.2) is 12.4 Å². The van der Waals surface area contributed by atoms with E-state index >= 15 is 0 Å². The Balaban J connectivity index is 2.69. The largest absolute Gasteiger partial charge is 0.369 e. The van der Waals surface area contributed by atoms with Crippen LogP contribution in [0.1, 0.15) is 40.0 Å². The molecule has 4 nitrogen and oxygen atoms in total. The molecule has 4 heteroatoms. The van der Waals surface area contributed by atoms with E-state index in [1.807, 2.05) is 6.20 Å². The average Bonchev–Trinajstić information content (AvgIpc) is 2.36. The van der Waals surface area contributed by atoms with Gasteiger partial charge in [0, 0.05) is 19.6 Å². The Labute approximate surface area is 104 Å². The van der Waals surface area contributed by atoms with Crippen LogP contribution in [-0.2, 0) is 0 Å². The molecule has 1 rings (SSSR count). The van der Waals surface area contributed by atoms with Crippen molar-refractivity contribution in [3.8, 4) is 0 Å². The molecule has 0 aliphatic carbocycles. The van der Waals surface area contributed by atoms with E-state index in [0.29, 0.717) is 6.04 Å². The van der Waals surface area contributed by atoms with Gasteiger partial charge in [0.15, 0.2) is 0 Å². The molecule has 0 aromatic carbocycles. The second kappa shape index (κ2) is 7.09. The summed E-state index contributed by atoms with van der Waals surface area (Å²) in [5.41, 5.74) is 0. The third kappa shape index (κ3) is 4.21. The van der Waals surface area contributed by atoms with E-state index in [9.17, 15) is 0 Å². The highest BCUT2D eigenvalue weighted by molar-refractivity contribution is 5.43. The summed E-state index contributed by atoms with van der Waals surface area (Å²) in [4.78, 5) is 11.0. The predicted octanol–water partition coefficient (Wildman–Crippen LogP) is 2.92. The molecule has 0 aliphatic heterocycles. The van der Waals surface area contributed by atoms with Crippen LogP contribution in [0.25, 0.3) is 0 Å². The molecule has 1 N–H and O–H groups in total. The minimum atomic E-state index is 0.496. The maximum absolute atomic E-state index is 4.57. The summed E-state index contributed by atoms with van der Waals surface area (Å²) in [5, 5.41) is 3.26. The normalized spacial score (nSPS) is 12.2. The third-order valence-corrected chi connectivity index (χ3v) is 2.91. The number of anilines is 2. The summed E-state index contributed by atoms with van der Waals surface area (Å²) in [5.74, 6) is 1.80. The molecule has 96 valence electrons. The highest BCUT2D eigenvalue weighted by Crippen LogP contribution is 2.15. The van der Waals surface area contributed by atoms with Crippen LogP contribution in [0, 0.1) is 0 Å². The summed E-state index contributed by atoms with van der Waals surface area (Å²) in [6, 6.07) is 0.496. The first-order chi connectivity index (χ1) is 8.19. The van der Waals surface area contributed by atoms with Crippen LogP contribution < -0.4 is 10.2 Å². The van der Waals surface area contributed by atoms with Crippen molar-refractivity contribution in [2.24, 2.45) is 0 Å². The number of nitrogens with zero attached hydrogens (tertiary/aromatic N) is 3. The van der Waals surface area contributed by atoms with Crippen molar-refractivity contribution in [1.82, 2.24) is 9.97 Å². The Kier molecular flexibility index (Phi) is 5.73. The van der Waals surface area contributed by atoms with Gasteiger partial charge < -0.3 is 10.2 Å². The summed E-state index contributed by atoms with van der Waals surface area (Å²) >= 11 is 0. The zero-order valence-corrected chi connectivity index (χ0v) is 11.4. The van der Waals surface area contributed by atoms with Crippen molar-refractivity contribution in [3.63, 3.8) is 0 Å². The molecule has 1 aromatic rings. The number of hydrogen-bond acceptors (Lipinski definition) is 4. The van der Waals surface area contributed by atoms with Crippen molar-refractivity contribution < 1.29 is 0 Å². The maximum Gasteiger partial charge on any atom is 0.149 e. The van der Waals surface area contributed by atoms with Gasteiger partial charge in [-0.15, -0.1) is 0 Å². The number of hydrogen-bond donors (Lipinski definition) is 1. The first-order valence-electron chi connectivity index (χ1n) is 6.47. The quantitative estimate of drug-likeness (QED) is 0.790. The van der Waals surface area contributed by atoms with Gasteiger partial charge in [0.25, 0.3) is 0 Å². The predicted molar refractivity (Wildman–Crippen MR) is 73.6 cm³/mol. The SMILES string of the molecule is CCCNc1cncc(N(C)C(C)CCC)n1. The maximum atomic E-state index is 4.57. The number of aromatic nitrogens is 2. The lowest BCUT2D eigenvalue weighted by Gasteiger charge is -2.25. The topological polar surface area (TPSA) is 41.1 Å². The van der Waals surface area contributed by atoms with Gasteiger partial charge in [0.05, 0.1) is 12.4 Å². The molecule has 0 bridgehead atoms. The lowest BCUT2D eigenvalue weighted by molar-refractivity contribution is 0.610. The molecule has 0 saturated heterocycles. The van der Waals surface area contributed by atoms with Gasteiger partial charge >= 0.3 is 0 Å². The van der Waals surface area contributed by atoms with Crippen molar-refractivity contribution in [2.45, 2.75) is 46.1 Å². The molecule has 0 spiro atoms.